The van der Waals surface area contributed by atoms with Crippen LogP contribution in [-0.2, 0) is 4.74 Å². The van der Waals surface area contributed by atoms with E-state index >= 15 is 0 Å². The molecule has 0 unspecified atom stereocenters. The highest BCUT2D eigenvalue weighted by atomic mass is 35.5. The van der Waals surface area contributed by atoms with Crippen LogP contribution in [0.1, 0.15) is 16.8 Å². The van der Waals surface area contributed by atoms with E-state index in [9.17, 15) is 4.79 Å². The van der Waals surface area contributed by atoms with Crippen LogP contribution in [0.4, 0.5) is 0 Å². The van der Waals surface area contributed by atoms with Gasteiger partial charge in [-0.2, -0.15) is 0 Å². The number of benzene rings is 1. The summed E-state index contributed by atoms with van der Waals surface area (Å²) in [6.07, 6.45) is 0.735. The van der Waals surface area contributed by atoms with Crippen molar-refractivity contribution in [3.63, 3.8) is 0 Å². The number of methoxy groups -OCH3 is 2. The van der Waals surface area contributed by atoms with Gasteiger partial charge in [0.15, 0.2) is 0 Å². The molecule has 0 aliphatic heterocycles. The van der Waals surface area contributed by atoms with Gasteiger partial charge in [-0.15, -0.1) is 0 Å². The third-order valence-corrected chi connectivity index (χ3v) is 2.77. The Labute approximate surface area is 116 Å². The average molecular weight is 292 g/mol. The monoisotopic (exact) mass is 291 g/mol. The Hall–Kier alpha value is -0.970. The van der Waals surface area contributed by atoms with Crippen LogP contribution in [-0.4, -0.2) is 33.3 Å². The molecule has 0 aromatic heterocycles. The minimum absolute atomic E-state index is 0.271. The zero-order chi connectivity index (χ0) is 13.5. The van der Waals surface area contributed by atoms with Crippen LogP contribution in [0.15, 0.2) is 12.1 Å². The number of rotatable bonds is 6. The molecule has 0 fully saturated rings. The third-order valence-electron chi connectivity index (χ3n) is 2.27. The fourth-order valence-corrected chi connectivity index (χ4v) is 2.02. The highest BCUT2D eigenvalue weighted by Crippen LogP contribution is 2.31. The highest BCUT2D eigenvalue weighted by molar-refractivity contribution is 6.36. The fourth-order valence-electron chi connectivity index (χ4n) is 1.45. The maximum atomic E-state index is 11.9. The molecule has 0 spiro atoms. The Morgan fingerprint density at radius 3 is 2.67 bits per heavy atom. The number of ether oxygens (including phenoxy) is 2. The quantitative estimate of drug-likeness (QED) is 0.820. The minimum Gasteiger partial charge on any atom is -0.494 e. The van der Waals surface area contributed by atoms with Gasteiger partial charge in [0.1, 0.15) is 5.75 Å². The largest absolute Gasteiger partial charge is 0.494 e. The lowest BCUT2D eigenvalue weighted by atomic mass is 10.2. The number of halogens is 2. The van der Waals surface area contributed by atoms with Gasteiger partial charge in [0, 0.05) is 25.3 Å². The molecule has 1 N–H and O–H groups in total. The number of hydrogen-bond donors (Lipinski definition) is 1. The molecule has 0 aliphatic carbocycles. The van der Waals surface area contributed by atoms with Gasteiger partial charge in [0.25, 0.3) is 5.91 Å². The van der Waals surface area contributed by atoms with Gasteiger partial charge in [-0.25, -0.2) is 0 Å². The van der Waals surface area contributed by atoms with Gasteiger partial charge in [-0.1, -0.05) is 23.2 Å². The SMILES string of the molecule is COCCCNC(=O)c1cc(Cl)cc(Cl)c1OC. The zero-order valence-corrected chi connectivity index (χ0v) is 11.8. The lowest BCUT2D eigenvalue weighted by Crippen LogP contribution is -2.25. The number of carbonyl (C=O) groups is 1. The molecule has 1 aromatic carbocycles. The number of hydrogen-bond acceptors (Lipinski definition) is 3. The van der Waals surface area contributed by atoms with Gasteiger partial charge >= 0.3 is 0 Å². The predicted molar refractivity (Wildman–Crippen MR) is 71.8 cm³/mol. The molecule has 4 nitrogen and oxygen atoms in total. The van der Waals surface area contributed by atoms with Gasteiger partial charge < -0.3 is 14.8 Å². The van der Waals surface area contributed by atoms with Crippen molar-refractivity contribution in [2.75, 3.05) is 27.4 Å². The summed E-state index contributed by atoms with van der Waals surface area (Å²) in [6.45, 7) is 1.10. The summed E-state index contributed by atoms with van der Waals surface area (Å²) in [5.41, 5.74) is 0.326. The third kappa shape index (κ3) is 4.05. The van der Waals surface area contributed by atoms with E-state index in [1.807, 2.05) is 0 Å². The Morgan fingerprint density at radius 1 is 1.33 bits per heavy atom. The van der Waals surface area contributed by atoms with Crippen molar-refractivity contribution in [1.29, 1.82) is 0 Å². The van der Waals surface area contributed by atoms with Crippen LogP contribution in [0.5, 0.6) is 5.75 Å². The highest BCUT2D eigenvalue weighted by Gasteiger charge is 2.16. The van der Waals surface area contributed by atoms with Crippen molar-refractivity contribution < 1.29 is 14.3 Å². The van der Waals surface area contributed by atoms with Crippen molar-refractivity contribution >= 4 is 29.1 Å². The van der Waals surface area contributed by atoms with Crippen molar-refractivity contribution in [2.45, 2.75) is 6.42 Å². The second-order valence-corrected chi connectivity index (χ2v) is 4.41. The molecule has 0 atom stereocenters. The maximum absolute atomic E-state index is 11.9. The number of amides is 1. The molecular weight excluding hydrogens is 277 g/mol. The van der Waals surface area contributed by atoms with Crippen molar-refractivity contribution in [3.8, 4) is 5.75 Å². The lowest BCUT2D eigenvalue weighted by Gasteiger charge is -2.11. The van der Waals surface area contributed by atoms with Crippen LogP contribution in [0.25, 0.3) is 0 Å². The van der Waals surface area contributed by atoms with E-state index in [4.69, 9.17) is 32.7 Å². The Kier molecular flexibility index (Phi) is 6.25. The molecule has 0 saturated carbocycles. The second-order valence-electron chi connectivity index (χ2n) is 3.57. The van der Waals surface area contributed by atoms with Crippen LogP contribution >= 0.6 is 23.2 Å². The standard InChI is InChI=1S/C12H15Cl2NO3/c1-17-5-3-4-15-12(16)9-6-8(13)7-10(14)11(9)18-2/h6-7H,3-5H2,1-2H3,(H,15,16). The molecular formula is C12H15Cl2NO3. The van der Waals surface area contributed by atoms with E-state index in [0.717, 1.165) is 6.42 Å². The molecule has 100 valence electrons. The first kappa shape index (κ1) is 15.1. The molecule has 1 aromatic rings. The van der Waals surface area contributed by atoms with Crippen LogP contribution in [0.3, 0.4) is 0 Å². The van der Waals surface area contributed by atoms with Gasteiger partial charge in [0.05, 0.1) is 17.7 Å². The minimum atomic E-state index is -0.271. The fraction of sp³-hybridized carbons (Fsp3) is 0.417. The van der Waals surface area contributed by atoms with Crippen LogP contribution in [0, 0.1) is 0 Å². The van der Waals surface area contributed by atoms with E-state index in [-0.39, 0.29) is 5.91 Å². The molecule has 0 saturated heterocycles. The van der Waals surface area contributed by atoms with Gasteiger partial charge in [-0.3, -0.25) is 4.79 Å². The van der Waals surface area contributed by atoms with E-state index in [0.29, 0.717) is 34.5 Å². The van der Waals surface area contributed by atoms with E-state index in [1.54, 1.807) is 7.11 Å². The number of nitrogens with one attached hydrogen (secondary N) is 1. The summed E-state index contributed by atoms with van der Waals surface area (Å²) in [6, 6.07) is 3.06. The molecule has 18 heavy (non-hydrogen) atoms. The second kappa shape index (κ2) is 7.46. The smallest absolute Gasteiger partial charge is 0.255 e. The Morgan fingerprint density at radius 2 is 2.06 bits per heavy atom. The molecule has 0 bridgehead atoms. The van der Waals surface area contributed by atoms with Gasteiger partial charge in [-0.05, 0) is 18.6 Å². The first-order valence-corrected chi connectivity index (χ1v) is 6.16. The Bertz CT molecular complexity index is 424. The van der Waals surface area contributed by atoms with Crippen molar-refractivity contribution in [3.05, 3.63) is 27.7 Å². The lowest BCUT2D eigenvalue weighted by molar-refractivity contribution is 0.0945. The maximum Gasteiger partial charge on any atom is 0.255 e. The summed E-state index contributed by atoms with van der Waals surface area (Å²) in [7, 11) is 3.07. The topological polar surface area (TPSA) is 47.6 Å². The van der Waals surface area contributed by atoms with E-state index < -0.39 is 0 Å². The first-order valence-electron chi connectivity index (χ1n) is 5.40. The van der Waals surface area contributed by atoms with Gasteiger partial charge in [0.2, 0.25) is 0 Å². The molecule has 0 heterocycles. The zero-order valence-electron chi connectivity index (χ0n) is 10.3. The summed E-state index contributed by atoms with van der Waals surface area (Å²) >= 11 is 11.8. The summed E-state index contributed by atoms with van der Waals surface area (Å²) < 4.78 is 10.00. The average Bonchev–Trinajstić information content (AvgIpc) is 2.33. The molecule has 6 heteroatoms. The number of carbonyl (C=O) groups excluding carboxylic acids is 1. The van der Waals surface area contributed by atoms with Crippen molar-refractivity contribution in [2.24, 2.45) is 0 Å². The summed E-state index contributed by atoms with van der Waals surface area (Å²) in [5, 5.41) is 3.45. The molecule has 0 radical (unpaired) electrons. The first-order chi connectivity index (χ1) is 8.60. The molecule has 1 rings (SSSR count). The van der Waals surface area contributed by atoms with E-state index in [2.05, 4.69) is 5.32 Å². The summed E-state index contributed by atoms with van der Waals surface area (Å²) in [4.78, 5) is 11.9. The van der Waals surface area contributed by atoms with Crippen molar-refractivity contribution in [1.82, 2.24) is 5.32 Å². The normalized spacial score (nSPS) is 10.2. The Balaban J connectivity index is 2.78. The summed E-state index contributed by atoms with van der Waals surface area (Å²) in [5.74, 6) is 0.0534. The molecule has 0 aliphatic rings. The molecule has 1 amide bonds. The van der Waals surface area contributed by atoms with Crippen LogP contribution < -0.4 is 10.1 Å². The van der Waals surface area contributed by atoms with E-state index in [1.165, 1.54) is 19.2 Å². The predicted octanol–water partition coefficient (Wildman–Crippen LogP) is 2.77. The van der Waals surface area contributed by atoms with Crippen LogP contribution in [0.2, 0.25) is 10.0 Å².